The fourth-order valence-electron chi connectivity index (χ4n) is 1.76. The van der Waals surface area contributed by atoms with Gasteiger partial charge in [-0.1, -0.05) is 23.7 Å². The molecule has 3 N–H and O–H groups in total. The van der Waals surface area contributed by atoms with Gasteiger partial charge in [-0.2, -0.15) is 0 Å². The zero-order valence-corrected chi connectivity index (χ0v) is 12.1. The Morgan fingerprint density at radius 2 is 1.91 bits per heavy atom. The van der Waals surface area contributed by atoms with E-state index in [0.717, 1.165) is 6.08 Å². The topological polar surface area (TPSA) is 72.2 Å². The van der Waals surface area contributed by atoms with Crippen molar-refractivity contribution in [3.05, 3.63) is 70.5 Å². The number of halogens is 2. The van der Waals surface area contributed by atoms with Gasteiger partial charge in [0.05, 0.1) is 5.02 Å². The zero-order valence-electron chi connectivity index (χ0n) is 11.3. The zero-order chi connectivity index (χ0) is 16.1. The fraction of sp³-hybridized carbons (Fsp3) is 0. The molecule has 2 amide bonds. The maximum atomic E-state index is 13.6. The first-order chi connectivity index (χ1) is 10.5. The molecular formula is C16H12ClFN2O2. The number of rotatable bonds is 4. The molecule has 0 aliphatic rings. The number of anilines is 1. The van der Waals surface area contributed by atoms with E-state index in [-0.39, 0.29) is 16.1 Å². The monoisotopic (exact) mass is 318 g/mol. The third-order valence-corrected chi connectivity index (χ3v) is 3.15. The minimum atomic E-state index is -0.593. The molecule has 0 saturated heterocycles. The van der Waals surface area contributed by atoms with Gasteiger partial charge in [-0.25, -0.2) is 4.39 Å². The SMILES string of the molecule is NC(=O)c1cccc(NC(=O)/C=C/c2c(F)cccc2Cl)c1. The van der Waals surface area contributed by atoms with E-state index in [1.165, 1.54) is 36.4 Å². The summed E-state index contributed by atoms with van der Waals surface area (Å²) in [6, 6.07) is 10.4. The molecule has 0 saturated carbocycles. The molecular weight excluding hydrogens is 307 g/mol. The van der Waals surface area contributed by atoms with Crippen molar-refractivity contribution in [3.63, 3.8) is 0 Å². The van der Waals surface area contributed by atoms with Crippen molar-refractivity contribution < 1.29 is 14.0 Å². The summed E-state index contributed by atoms with van der Waals surface area (Å²) in [6.07, 6.45) is 2.44. The van der Waals surface area contributed by atoms with Gasteiger partial charge in [0.15, 0.2) is 0 Å². The van der Waals surface area contributed by atoms with Gasteiger partial charge in [-0.3, -0.25) is 9.59 Å². The second-order valence-electron chi connectivity index (χ2n) is 4.40. The molecule has 6 heteroatoms. The minimum absolute atomic E-state index is 0.130. The number of carbonyl (C=O) groups is 2. The second kappa shape index (κ2) is 6.87. The van der Waals surface area contributed by atoms with E-state index in [0.29, 0.717) is 5.69 Å². The Morgan fingerprint density at radius 3 is 2.59 bits per heavy atom. The molecule has 0 aliphatic carbocycles. The minimum Gasteiger partial charge on any atom is -0.366 e. The maximum absolute atomic E-state index is 13.6. The van der Waals surface area contributed by atoms with E-state index in [2.05, 4.69) is 5.32 Å². The average Bonchev–Trinajstić information content (AvgIpc) is 2.47. The van der Waals surface area contributed by atoms with Gasteiger partial charge in [0.1, 0.15) is 5.82 Å². The van der Waals surface area contributed by atoms with Crippen LogP contribution in [0.25, 0.3) is 6.08 Å². The first-order valence-electron chi connectivity index (χ1n) is 6.30. The van der Waals surface area contributed by atoms with Crippen LogP contribution in [0.1, 0.15) is 15.9 Å². The molecule has 0 aliphatic heterocycles. The first-order valence-corrected chi connectivity index (χ1v) is 6.68. The predicted octanol–water partition coefficient (Wildman–Crippen LogP) is 3.23. The highest BCUT2D eigenvalue weighted by Gasteiger charge is 2.05. The van der Waals surface area contributed by atoms with Crippen molar-refractivity contribution in [1.82, 2.24) is 0 Å². The molecule has 0 bridgehead atoms. The number of amides is 2. The van der Waals surface area contributed by atoms with Crippen molar-refractivity contribution in [2.24, 2.45) is 5.73 Å². The molecule has 0 unspecified atom stereocenters. The standard InChI is InChI=1S/C16H12ClFN2O2/c17-13-5-2-6-14(18)12(13)7-8-15(21)20-11-4-1-3-10(9-11)16(19)22/h1-9H,(H2,19,22)(H,20,21)/b8-7+. The van der Waals surface area contributed by atoms with E-state index in [9.17, 15) is 14.0 Å². The lowest BCUT2D eigenvalue weighted by Gasteiger charge is -2.04. The second-order valence-corrected chi connectivity index (χ2v) is 4.81. The quantitative estimate of drug-likeness (QED) is 0.849. The Labute approximate surface area is 131 Å². The summed E-state index contributed by atoms with van der Waals surface area (Å²) in [7, 11) is 0. The van der Waals surface area contributed by atoms with Crippen molar-refractivity contribution in [3.8, 4) is 0 Å². The summed E-state index contributed by atoms with van der Waals surface area (Å²) in [6.45, 7) is 0. The smallest absolute Gasteiger partial charge is 0.248 e. The number of primary amides is 1. The summed E-state index contributed by atoms with van der Waals surface area (Å²) in [5.74, 6) is -1.60. The van der Waals surface area contributed by atoms with Crippen molar-refractivity contribution in [2.45, 2.75) is 0 Å². The molecule has 0 fully saturated rings. The van der Waals surface area contributed by atoms with Crippen LogP contribution < -0.4 is 11.1 Å². The van der Waals surface area contributed by atoms with Gasteiger partial charge < -0.3 is 11.1 Å². The van der Waals surface area contributed by atoms with Crippen molar-refractivity contribution in [1.29, 1.82) is 0 Å². The van der Waals surface area contributed by atoms with E-state index in [1.54, 1.807) is 12.1 Å². The van der Waals surface area contributed by atoms with E-state index < -0.39 is 17.6 Å². The molecule has 0 radical (unpaired) electrons. The number of benzene rings is 2. The third kappa shape index (κ3) is 3.93. The average molecular weight is 319 g/mol. The van der Waals surface area contributed by atoms with Crippen LogP contribution in [0.3, 0.4) is 0 Å². The highest BCUT2D eigenvalue weighted by atomic mass is 35.5. The van der Waals surface area contributed by atoms with E-state index in [4.69, 9.17) is 17.3 Å². The molecule has 0 spiro atoms. The summed E-state index contributed by atoms with van der Waals surface area (Å²) < 4.78 is 13.6. The Bertz CT molecular complexity index is 739. The predicted molar refractivity (Wildman–Crippen MR) is 84.0 cm³/mol. The Hall–Kier alpha value is -2.66. The van der Waals surface area contributed by atoms with Gasteiger partial charge in [0.25, 0.3) is 0 Å². The summed E-state index contributed by atoms with van der Waals surface area (Å²) in [5.41, 5.74) is 5.97. The first kappa shape index (κ1) is 15.7. The van der Waals surface area contributed by atoms with Crippen LogP contribution in [-0.2, 0) is 4.79 Å². The maximum Gasteiger partial charge on any atom is 0.248 e. The third-order valence-electron chi connectivity index (χ3n) is 2.82. The fourth-order valence-corrected chi connectivity index (χ4v) is 1.99. The molecule has 22 heavy (non-hydrogen) atoms. The normalized spacial score (nSPS) is 10.6. The molecule has 2 aromatic carbocycles. The van der Waals surface area contributed by atoms with Crippen molar-refractivity contribution >= 4 is 35.2 Å². The van der Waals surface area contributed by atoms with Crippen LogP contribution in [-0.4, -0.2) is 11.8 Å². The highest BCUT2D eigenvalue weighted by molar-refractivity contribution is 6.32. The van der Waals surface area contributed by atoms with Gasteiger partial charge >= 0.3 is 0 Å². The number of hydrogen-bond donors (Lipinski definition) is 2. The van der Waals surface area contributed by atoms with Crippen LogP contribution >= 0.6 is 11.6 Å². The molecule has 2 aromatic rings. The molecule has 4 nitrogen and oxygen atoms in total. The highest BCUT2D eigenvalue weighted by Crippen LogP contribution is 2.20. The molecule has 0 heterocycles. The van der Waals surface area contributed by atoms with Gasteiger partial charge in [0.2, 0.25) is 11.8 Å². The molecule has 2 rings (SSSR count). The van der Waals surface area contributed by atoms with Crippen molar-refractivity contribution in [2.75, 3.05) is 5.32 Å². The Kier molecular flexibility index (Phi) is 4.91. The van der Waals surface area contributed by atoms with Crippen LogP contribution in [0, 0.1) is 5.82 Å². The largest absolute Gasteiger partial charge is 0.366 e. The van der Waals surface area contributed by atoms with Gasteiger partial charge in [-0.05, 0) is 36.4 Å². The van der Waals surface area contributed by atoms with Crippen LogP contribution in [0.4, 0.5) is 10.1 Å². The number of nitrogens with two attached hydrogens (primary N) is 1. The summed E-state index contributed by atoms with van der Waals surface area (Å²) >= 11 is 5.85. The lowest BCUT2D eigenvalue weighted by Crippen LogP contribution is -2.12. The summed E-state index contributed by atoms with van der Waals surface area (Å²) in [5, 5.41) is 2.76. The van der Waals surface area contributed by atoms with Crippen LogP contribution in [0.5, 0.6) is 0 Å². The number of hydrogen-bond acceptors (Lipinski definition) is 2. The number of carbonyl (C=O) groups excluding carboxylic acids is 2. The van der Waals surface area contributed by atoms with Crippen LogP contribution in [0.2, 0.25) is 5.02 Å². The van der Waals surface area contributed by atoms with Gasteiger partial charge in [0, 0.05) is 22.9 Å². The lowest BCUT2D eigenvalue weighted by molar-refractivity contribution is -0.111. The summed E-state index contributed by atoms with van der Waals surface area (Å²) in [4.78, 5) is 22.9. The number of nitrogens with one attached hydrogen (secondary N) is 1. The lowest BCUT2D eigenvalue weighted by atomic mass is 10.2. The Balaban J connectivity index is 2.12. The molecule has 112 valence electrons. The Morgan fingerprint density at radius 1 is 1.18 bits per heavy atom. The van der Waals surface area contributed by atoms with Gasteiger partial charge in [-0.15, -0.1) is 0 Å². The van der Waals surface area contributed by atoms with E-state index in [1.807, 2.05) is 0 Å². The molecule has 0 atom stereocenters. The van der Waals surface area contributed by atoms with Crippen LogP contribution in [0.15, 0.2) is 48.5 Å². The van der Waals surface area contributed by atoms with E-state index >= 15 is 0 Å². The molecule has 0 aromatic heterocycles.